The summed E-state index contributed by atoms with van der Waals surface area (Å²) in [4.78, 5) is 4.44. The van der Waals surface area contributed by atoms with Crippen LogP contribution in [0, 0.1) is 0 Å². The Morgan fingerprint density at radius 1 is 1.58 bits per heavy atom. The molecule has 3 heteroatoms. The molecule has 2 aromatic rings. The van der Waals surface area contributed by atoms with Crippen molar-refractivity contribution >= 4 is 27.2 Å². The number of nitrogens with two attached hydrogens (primary N) is 1. The van der Waals surface area contributed by atoms with Gasteiger partial charge in [0.1, 0.15) is 0 Å². The molecule has 0 saturated carbocycles. The predicted octanol–water partition coefficient (Wildman–Crippen LogP) is 2.44. The van der Waals surface area contributed by atoms with E-state index in [-0.39, 0.29) is 0 Å². The molecule has 62 valence electrons. The summed E-state index contributed by atoms with van der Waals surface area (Å²) in [5.41, 5.74) is 8.79. The second kappa shape index (κ2) is 2.75. The van der Waals surface area contributed by atoms with E-state index in [1.54, 1.807) is 11.3 Å². The van der Waals surface area contributed by atoms with Crippen LogP contribution in [-0.2, 0) is 6.42 Å². The van der Waals surface area contributed by atoms with Gasteiger partial charge < -0.3 is 5.73 Å². The van der Waals surface area contributed by atoms with E-state index >= 15 is 0 Å². The van der Waals surface area contributed by atoms with Gasteiger partial charge in [0.15, 0.2) is 0 Å². The van der Waals surface area contributed by atoms with Crippen molar-refractivity contribution in [2.75, 3.05) is 5.73 Å². The summed E-state index contributed by atoms with van der Waals surface area (Å²) in [7, 11) is 0. The van der Waals surface area contributed by atoms with Crippen LogP contribution in [0.5, 0.6) is 0 Å². The first-order valence-corrected chi connectivity index (χ1v) is 4.82. The Kier molecular flexibility index (Phi) is 1.73. The molecule has 0 aliphatic rings. The molecule has 0 saturated heterocycles. The summed E-state index contributed by atoms with van der Waals surface area (Å²) >= 11 is 1.65. The highest BCUT2D eigenvalue weighted by Crippen LogP contribution is 2.25. The first-order valence-electron chi connectivity index (χ1n) is 3.94. The van der Waals surface area contributed by atoms with Gasteiger partial charge in [0.2, 0.25) is 0 Å². The van der Waals surface area contributed by atoms with E-state index in [0.29, 0.717) is 0 Å². The summed E-state index contributed by atoms with van der Waals surface area (Å²) in [6.07, 6.45) is 0.940. The van der Waals surface area contributed by atoms with Crippen molar-refractivity contribution in [3.63, 3.8) is 0 Å². The second-order valence-electron chi connectivity index (χ2n) is 2.69. The van der Waals surface area contributed by atoms with E-state index in [0.717, 1.165) is 28.0 Å². The van der Waals surface area contributed by atoms with Crippen molar-refractivity contribution in [1.82, 2.24) is 4.98 Å². The molecule has 0 radical (unpaired) electrons. The lowest BCUT2D eigenvalue weighted by Gasteiger charge is -1.99. The van der Waals surface area contributed by atoms with Crippen molar-refractivity contribution in [2.24, 2.45) is 0 Å². The van der Waals surface area contributed by atoms with Crippen LogP contribution < -0.4 is 5.73 Å². The minimum atomic E-state index is 0.854. The van der Waals surface area contributed by atoms with Gasteiger partial charge in [-0.25, -0.2) is 0 Å². The average molecular weight is 178 g/mol. The summed E-state index contributed by atoms with van der Waals surface area (Å²) in [5, 5.41) is 2.02. The van der Waals surface area contributed by atoms with Gasteiger partial charge >= 0.3 is 0 Å². The summed E-state index contributed by atoms with van der Waals surface area (Å²) in [5.74, 6) is 0. The van der Waals surface area contributed by atoms with Gasteiger partial charge in [0.05, 0.1) is 15.9 Å². The maximum Gasteiger partial charge on any atom is 0.0833 e. The minimum absolute atomic E-state index is 0.854. The standard InChI is InChI=1S/C9H10N2S/c1-2-6-5-7(10)9-8(11-6)3-4-12-9/h3-5H,2H2,1H3,(H2,10,11). The van der Waals surface area contributed by atoms with Gasteiger partial charge in [-0.05, 0) is 23.9 Å². The van der Waals surface area contributed by atoms with Crippen LogP contribution in [-0.4, -0.2) is 4.98 Å². The highest BCUT2D eigenvalue weighted by molar-refractivity contribution is 7.17. The van der Waals surface area contributed by atoms with Gasteiger partial charge in [0.25, 0.3) is 0 Å². The number of hydrogen-bond donors (Lipinski definition) is 1. The summed E-state index contributed by atoms with van der Waals surface area (Å²) in [6, 6.07) is 3.97. The van der Waals surface area contributed by atoms with Crippen molar-refractivity contribution < 1.29 is 0 Å². The average Bonchev–Trinajstić information content (AvgIpc) is 2.52. The first kappa shape index (κ1) is 7.55. The summed E-state index contributed by atoms with van der Waals surface area (Å²) < 4.78 is 1.10. The number of pyridine rings is 1. The molecule has 2 rings (SSSR count). The number of thiophene rings is 1. The van der Waals surface area contributed by atoms with E-state index < -0.39 is 0 Å². The molecule has 2 heterocycles. The van der Waals surface area contributed by atoms with E-state index in [4.69, 9.17) is 5.73 Å². The summed E-state index contributed by atoms with van der Waals surface area (Å²) in [6.45, 7) is 2.08. The zero-order valence-corrected chi connectivity index (χ0v) is 7.69. The lowest BCUT2D eigenvalue weighted by Crippen LogP contribution is -1.91. The van der Waals surface area contributed by atoms with Crippen LogP contribution >= 0.6 is 11.3 Å². The smallest absolute Gasteiger partial charge is 0.0833 e. The molecule has 12 heavy (non-hydrogen) atoms. The first-order chi connectivity index (χ1) is 5.81. The van der Waals surface area contributed by atoms with Crippen LogP contribution in [0.1, 0.15) is 12.6 Å². The zero-order chi connectivity index (χ0) is 8.55. The molecule has 0 aromatic carbocycles. The molecule has 0 amide bonds. The van der Waals surface area contributed by atoms with Crippen molar-refractivity contribution in [1.29, 1.82) is 0 Å². The Hall–Kier alpha value is -1.09. The molecule has 2 aromatic heterocycles. The van der Waals surface area contributed by atoms with E-state index in [1.807, 2.05) is 17.5 Å². The van der Waals surface area contributed by atoms with E-state index in [9.17, 15) is 0 Å². The highest BCUT2D eigenvalue weighted by atomic mass is 32.1. The van der Waals surface area contributed by atoms with Crippen molar-refractivity contribution in [3.05, 3.63) is 23.2 Å². The van der Waals surface area contributed by atoms with Gasteiger partial charge in [-0.3, -0.25) is 4.98 Å². The number of nitrogen functional groups attached to an aromatic ring is 1. The van der Waals surface area contributed by atoms with Gasteiger partial charge in [0, 0.05) is 5.69 Å². The molecule has 0 unspecified atom stereocenters. The number of nitrogens with zero attached hydrogens (tertiary/aromatic N) is 1. The molecule has 0 atom stereocenters. The molecule has 2 N–H and O–H groups in total. The molecular weight excluding hydrogens is 168 g/mol. The topological polar surface area (TPSA) is 38.9 Å². The van der Waals surface area contributed by atoms with E-state index in [2.05, 4.69) is 11.9 Å². The Morgan fingerprint density at radius 3 is 3.17 bits per heavy atom. The molecule has 0 aliphatic heterocycles. The Morgan fingerprint density at radius 2 is 2.42 bits per heavy atom. The van der Waals surface area contributed by atoms with Gasteiger partial charge in [-0.2, -0.15) is 0 Å². The lowest BCUT2D eigenvalue weighted by atomic mass is 10.2. The molecule has 0 bridgehead atoms. The van der Waals surface area contributed by atoms with Crippen LogP contribution in [0.4, 0.5) is 5.69 Å². The maximum absolute atomic E-state index is 5.85. The van der Waals surface area contributed by atoms with Crippen LogP contribution in [0.3, 0.4) is 0 Å². The molecule has 0 fully saturated rings. The number of fused-ring (bicyclic) bond motifs is 1. The van der Waals surface area contributed by atoms with Gasteiger partial charge in [-0.15, -0.1) is 11.3 Å². The third-order valence-electron chi connectivity index (χ3n) is 1.86. The normalized spacial score (nSPS) is 10.8. The largest absolute Gasteiger partial charge is 0.397 e. The van der Waals surface area contributed by atoms with E-state index in [1.165, 1.54) is 0 Å². The fraction of sp³-hybridized carbons (Fsp3) is 0.222. The van der Waals surface area contributed by atoms with Crippen molar-refractivity contribution in [2.45, 2.75) is 13.3 Å². The minimum Gasteiger partial charge on any atom is -0.397 e. The van der Waals surface area contributed by atoms with Gasteiger partial charge in [-0.1, -0.05) is 6.92 Å². The van der Waals surface area contributed by atoms with Crippen LogP contribution in [0.25, 0.3) is 10.2 Å². The van der Waals surface area contributed by atoms with Crippen LogP contribution in [0.15, 0.2) is 17.5 Å². The Labute approximate surface area is 75.0 Å². The maximum atomic E-state index is 5.85. The third kappa shape index (κ3) is 1.06. The fourth-order valence-corrected chi connectivity index (χ4v) is 1.98. The molecule has 0 spiro atoms. The quantitative estimate of drug-likeness (QED) is 0.728. The SMILES string of the molecule is CCc1cc(N)c2sccc2n1. The van der Waals surface area contributed by atoms with Crippen molar-refractivity contribution in [3.8, 4) is 0 Å². The molecule has 2 nitrogen and oxygen atoms in total. The monoisotopic (exact) mass is 178 g/mol. The Bertz CT molecular complexity index is 406. The number of aryl methyl sites for hydroxylation is 1. The third-order valence-corrected chi connectivity index (χ3v) is 2.81. The number of rotatable bonds is 1. The predicted molar refractivity (Wildman–Crippen MR) is 53.4 cm³/mol. The zero-order valence-electron chi connectivity index (χ0n) is 6.87. The fourth-order valence-electron chi connectivity index (χ4n) is 1.22. The number of aromatic nitrogens is 1. The highest BCUT2D eigenvalue weighted by Gasteiger charge is 2.02. The lowest BCUT2D eigenvalue weighted by molar-refractivity contribution is 1.06. The Balaban J connectivity index is 2.75. The number of hydrogen-bond acceptors (Lipinski definition) is 3. The molecular formula is C9H10N2S. The molecule has 0 aliphatic carbocycles. The van der Waals surface area contributed by atoms with Crippen LogP contribution in [0.2, 0.25) is 0 Å². The number of anilines is 1. The second-order valence-corrected chi connectivity index (χ2v) is 3.61.